The topological polar surface area (TPSA) is 116 Å². The average molecular weight is 1410 g/mol. The zero-order valence-corrected chi connectivity index (χ0v) is 66.0. The maximum absolute atomic E-state index is 4.17. The molecule has 0 radical (unpaired) electrons. The summed E-state index contributed by atoms with van der Waals surface area (Å²) < 4.78 is 0. The largest absolute Gasteiger partial charge is 0.264 e. The molecule has 0 amide bonds. The van der Waals surface area contributed by atoms with E-state index in [1.807, 2.05) is 124 Å². The predicted octanol–water partition coefficient (Wildman–Crippen LogP) is 25.7. The Morgan fingerprint density at radius 1 is 0.148 bits per heavy atom. The second-order valence-corrected chi connectivity index (χ2v) is 28.3. The molecule has 0 aliphatic carbocycles. The van der Waals surface area contributed by atoms with Crippen LogP contribution in [0.3, 0.4) is 0 Å². The molecule has 18 aromatic rings. The third kappa shape index (κ3) is 20.4. The molecule has 9 heteroatoms. The van der Waals surface area contributed by atoms with Crippen LogP contribution in [0.1, 0.15) is 100 Å². The van der Waals surface area contributed by atoms with Crippen LogP contribution in [0.15, 0.2) is 275 Å². The molecule has 9 heterocycles. The van der Waals surface area contributed by atoms with E-state index >= 15 is 0 Å². The molecule has 9 nitrogen and oxygen atoms in total. The fourth-order valence-corrected chi connectivity index (χ4v) is 13.2. The van der Waals surface area contributed by atoms with Gasteiger partial charge < -0.3 is 0 Å². The van der Waals surface area contributed by atoms with Gasteiger partial charge in [-0.1, -0.05) is 131 Å². The highest BCUT2D eigenvalue weighted by molar-refractivity contribution is 5.91. The zero-order chi connectivity index (χ0) is 77.0. The number of rotatable bonds is 0. The van der Waals surface area contributed by atoms with Crippen molar-refractivity contribution in [2.24, 2.45) is 0 Å². The lowest BCUT2D eigenvalue weighted by Crippen LogP contribution is -1.83. The Hall–Kier alpha value is -12.3. The molecule has 0 spiro atoms. The van der Waals surface area contributed by atoms with E-state index in [-0.39, 0.29) is 0 Å². The summed E-state index contributed by atoms with van der Waals surface area (Å²) in [6.45, 7) is 38.1. The van der Waals surface area contributed by atoms with Crippen LogP contribution in [-0.4, -0.2) is 44.9 Å². The fraction of sp³-hybridized carbons (Fsp3) is 0.182. The Morgan fingerprint density at radius 2 is 0.519 bits per heavy atom. The summed E-state index contributed by atoms with van der Waals surface area (Å²) in [6, 6.07) is 57.5. The van der Waals surface area contributed by atoms with Crippen LogP contribution in [0.25, 0.3) is 97.0 Å². The summed E-state index contributed by atoms with van der Waals surface area (Å²) in [6.07, 6.45) is 34.0. The molecule has 0 aliphatic rings. The van der Waals surface area contributed by atoms with Gasteiger partial charge in [-0.2, -0.15) is 0 Å². The third-order valence-corrected chi connectivity index (χ3v) is 19.9. The number of nitrogens with zero attached hydrogens (tertiary/aromatic N) is 9. The molecule has 0 atom stereocenters. The molecule has 540 valence electrons. The summed E-state index contributed by atoms with van der Waals surface area (Å²) in [5.41, 5.74) is 23.5. The molecule has 0 fully saturated rings. The minimum atomic E-state index is 1.22. The highest BCUT2D eigenvalue weighted by Crippen LogP contribution is 2.27. The monoisotopic (exact) mass is 1410 g/mol. The first-order valence-corrected chi connectivity index (χ1v) is 36.8. The first kappa shape index (κ1) is 78.3. The summed E-state index contributed by atoms with van der Waals surface area (Å²) in [7, 11) is 0. The van der Waals surface area contributed by atoms with Crippen LogP contribution in [0.4, 0.5) is 0 Å². The number of benzene rings is 9. The molecule has 9 aromatic carbocycles. The van der Waals surface area contributed by atoms with Crippen molar-refractivity contribution in [3.05, 3.63) is 375 Å². The SMILES string of the molecule is Cc1cc(C)c2ccncc2c1.Cc1cc(C)c2cnccc2c1.Cc1cc2ccncc2cc1C.Cc1ccc(C)c2cnccc12.Cc1ccc2c(C)cncc2c1.Cc1ccc2ccncc2c1C.Cc1ccc2cncc(C)c2c1.Cc1ccc2cnccc2c1C.Cc1cncc2c(C)cccc12. The van der Waals surface area contributed by atoms with Crippen LogP contribution >= 0.6 is 0 Å². The summed E-state index contributed by atoms with van der Waals surface area (Å²) in [5.74, 6) is 0. The zero-order valence-electron chi connectivity index (χ0n) is 66.0. The highest BCUT2D eigenvalue weighted by Gasteiger charge is 2.05. The first-order chi connectivity index (χ1) is 52.0. The van der Waals surface area contributed by atoms with Crippen LogP contribution < -0.4 is 0 Å². The molecule has 0 aliphatic heterocycles. The molecule has 0 N–H and O–H groups in total. The van der Waals surface area contributed by atoms with E-state index in [0.717, 1.165) is 0 Å². The van der Waals surface area contributed by atoms with E-state index in [1.165, 1.54) is 197 Å². The van der Waals surface area contributed by atoms with Crippen molar-refractivity contribution < 1.29 is 0 Å². The van der Waals surface area contributed by atoms with E-state index < -0.39 is 0 Å². The number of aromatic nitrogens is 9. The van der Waals surface area contributed by atoms with Gasteiger partial charge in [0.2, 0.25) is 0 Å². The van der Waals surface area contributed by atoms with Gasteiger partial charge in [0.25, 0.3) is 0 Å². The Kier molecular flexibility index (Phi) is 26.9. The average Bonchev–Trinajstić information content (AvgIpc) is 0.834. The molecule has 0 bridgehead atoms. The summed E-state index contributed by atoms with van der Waals surface area (Å²) in [4.78, 5) is 37.1. The molecule has 108 heavy (non-hydrogen) atoms. The van der Waals surface area contributed by atoms with Crippen LogP contribution in [0.5, 0.6) is 0 Å². The Bertz CT molecular complexity index is 5730. The second-order valence-electron chi connectivity index (χ2n) is 28.3. The Morgan fingerprint density at radius 3 is 1.16 bits per heavy atom. The number of hydrogen-bond donors (Lipinski definition) is 0. The Balaban J connectivity index is 0.000000130. The van der Waals surface area contributed by atoms with Gasteiger partial charge in [-0.05, 0) is 306 Å². The van der Waals surface area contributed by atoms with Crippen molar-refractivity contribution in [1.29, 1.82) is 0 Å². The van der Waals surface area contributed by atoms with Gasteiger partial charge in [0.15, 0.2) is 0 Å². The predicted molar refractivity (Wildman–Crippen MR) is 461 cm³/mol. The number of fused-ring (bicyclic) bond motifs is 9. The van der Waals surface area contributed by atoms with E-state index in [1.54, 1.807) is 0 Å². The van der Waals surface area contributed by atoms with Gasteiger partial charge in [-0.3, -0.25) is 44.9 Å². The molecule has 0 saturated heterocycles. The maximum Gasteiger partial charge on any atom is 0.0349 e. The van der Waals surface area contributed by atoms with Crippen molar-refractivity contribution in [3.8, 4) is 0 Å². The molecule has 18 rings (SSSR count). The number of pyridine rings is 9. The number of aryl methyl sites for hydroxylation is 18. The van der Waals surface area contributed by atoms with Crippen molar-refractivity contribution in [2.75, 3.05) is 0 Å². The molecule has 9 aromatic heterocycles. The quantitative estimate of drug-likeness (QED) is 0.146. The van der Waals surface area contributed by atoms with Crippen molar-refractivity contribution in [3.63, 3.8) is 0 Å². The lowest BCUT2D eigenvalue weighted by atomic mass is 10.0. The van der Waals surface area contributed by atoms with E-state index in [9.17, 15) is 0 Å². The first-order valence-electron chi connectivity index (χ1n) is 36.8. The third-order valence-electron chi connectivity index (χ3n) is 19.9. The molecule has 0 saturated carbocycles. The molecular weight excluding hydrogens is 1320 g/mol. The molecule has 0 unspecified atom stereocenters. The minimum absolute atomic E-state index is 1.22. The number of hydrogen-bond acceptors (Lipinski definition) is 9. The smallest absolute Gasteiger partial charge is 0.0349 e. The fourth-order valence-electron chi connectivity index (χ4n) is 13.2. The van der Waals surface area contributed by atoms with Crippen molar-refractivity contribution in [1.82, 2.24) is 44.9 Å². The van der Waals surface area contributed by atoms with E-state index in [0.29, 0.717) is 0 Å². The minimum Gasteiger partial charge on any atom is -0.264 e. The van der Waals surface area contributed by atoms with Crippen molar-refractivity contribution >= 4 is 97.0 Å². The van der Waals surface area contributed by atoms with E-state index in [2.05, 4.69) is 321 Å². The highest BCUT2D eigenvalue weighted by atomic mass is 14.6. The summed E-state index contributed by atoms with van der Waals surface area (Å²) in [5, 5.41) is 22.8. The van der Waals surface area contributed by atoms with Crippen LogP contribution in [0, 0.1) is 125 Å². The van der Waals surface area contributed by atoms with Gasteiger partial charge >= 0.3 is 0 Å². The lowest BCUT2D eigenvalue weighted by molar-refractivity contribution is 1.30. The van der Waals surface area contributed by atoms with Crippen LogP contribution in [-0.2, 0) is 0 Å². The summed E-state index contributed by atoms with van der Waals surface area (Å²) >= 11 is 0. The van der Waals surface area contributed by atoms with Gasteiger partial charge in [-0.15, -0.1) is 0 Å². The lowest BCUT2D eigenvalue weighted by Gasteiger charge is -2.03. The van der Waals surface area contributed by atoms with Gasteiger partial charge in [0.05, 0.1) is 0 Å². The van der Waals surface area contributed by atoms with Gasteiger partial charge in [0, 0.05) is 160 Å². The van der Waals surface area contributed by atoms with Crippen molar-refractivity contribution in [2.45, 2.75) is 125 Å². The standard InChI is InChI=1S/9C11H11N/c1-8-5-10-3-4-12-7-11(10)6-9(8)2;1-8-5-9(2)11-3-4-12-7-10(11)6-8;1-8-5-9(2)11-7-12-4-3-10(11)6-8;1-8-3-4-11-9(2)6-12-7-10(11)5-8;1-8-3-4-10-7-12-6-9(2)11(10)5-8;1-8-3-4-10-7-12-6-5-11(10)9(8)2;1-8-3-4-10-5-6-12-7-11(10)9(8)2;1-8-3-4-9(2)11-7-12-6-5-10(8)11;1-8-4-3-5-10-9(2)6-12-7-11(8)10/h9*3-7H,1-2H3. The maximum atomic E-state index is 4.17. The second kappa shape index (κ2) is 37.1. The van der Waals surface area contributed by atoms with Gasteiger partial charge in [0.1, 0.15) is 0 Å². The van der Waals surface area contributed by atoms with E-state index in [4.69, 9.17) is 0 Å². The molecular formula is C99H99N9. The Labute approximate surface area is 638 Å². The van der Waals surface area contributed by atoms with Crippen LogP contribution in [0.2, 0.25) is 0 Å². The van der Waals surface area contributed by atoms with Gasteiger partial charge in [-0.25, -0.2) is 0 Å². The normalized spacial score (nSPS) is 10.5.